The predicted octanol–water partition coefficient (Wildman–Crippen LogP) is 3.42. The van der Waals surface area contributed by atoms with Gasteiger partial charge in [-0.1, -0.05) is 41.6 Å². The summed E-state index contributed by atoms with van der Waals surface area (Å²) < 4.78 is 6.89. The van der Waals surface area contributed by atoms with Crippen LogP contribution in [0.4, 0.5) is 0 Å². The van der Waals surface area contributed by atoms with Crippen molar-refractivity contribution in [1.29, 1.82) is 0 Å². The van der Waals surface area contributed by atoms with Crippen LogP contribution in [0, 0.1) is 0 Å². The van der Waals surface area contributed by atoms with Gasteiger partial charge in [0.25, 0.3) is 5.56 Å². The first-order valence-electron chi connectivity index (χ1n) is 10.0. The molecule has 0 unspecified atom stereocenters. The minimum absolute atomic E-state index is 0.149. The normalized spacial score (nSPS) is 15.0. The Hall–Kier alpha value is -2.52. The van der Waals surface area contributed by atoms with Gasteiger partial charge in [0.1, 0.15) is 16.5 Å². The molecular weight excluding hydrogens is 434 g/mol. The number of thioether (sulfide) groups is 1. The van der Waals surface area contributed by atoms with Crippen LogP contribution in [0.5, 0.6) is 0 Å². The lowest BCUT2D eigenvalue weighted by molar-refractivity contribution is 0.0330. The lowest BCUT2D eigenvalue weighted by Crippen LogP contribution is -2.36. The minimum atomic E-state index is -0.149. The van der Waals surface area contributed by atoms with Crippen LogP contribution in [0.3, 0.4) is 0 Å². The quantitative estimate of drug-likeness (QED) is 0.338. The van der Waals surface area contributed by atoms with Crippen molar-refractivity contribution in [3.63, 3.8) is 0 Å². The van der Waals surface area contributed by atoms with Gasteiger partial charge in [-0.2, -0.15) is 0 Å². The highest BCUT2D eigenvalue weighted by Crippen LogP contribution is 2.28. The molecule has 1 aliphatic rings. The largest absolute Gasteiger partial charge is 0.379 e. The molecule has 5 rings (SSSR count). The molecule has 31 heavy (non-hydrogen) atoms. The molecule has 1 aliphatic heterocycles. The predicted molar refractivity (Wildman–Crippen MR) is 122 cm³/mol. The number of para-hydroxylation sites is 1. The summed E-state index contributed by atoms with van der Waals surface area (Å²) in [6.45, 7) is 3.94. The van der Waals surface area contributed by atoms with Crippen molar-refractivity contribution in [3.8, 4) is 0 Å². The summed E-state index contributed by atoms with van der Waals surface area (Å²) in [6.07, 6.45) is 1.58. The van der Waals surface area contributed by atoms with Crippen LogP contribution < -0.4 is 5.56 Å². The molecule has 0 radical (unpaired) electrons. The smallest absolute Gasteiger partial charge is 0.258 e. The Morgan fingerprint density at radius 1 is 1.06 bits per heavy atom. The van der Waals surface area contributed by atoms with Crippen molar-refractivity contribution < 1.29 is 4.74 Å². The standard InChI is InChI=1S/C22H20ClN5O2S/c23-15-5-6-20-24-16(11-21(29)28(20)12-15)14-31-22-17-3-1-2-4-18(17)25-19(26-22)13-27-7-9-30-10-8-27/h1-6,11-12H,7-10,13-14H2. The fraction of sp³-hybridized carbons (Fsp3) is 0.273. The van der Waals surface area contributed by atoms with Crippen LogP contribution in [0.15, 0.2) is 58.5 Å². The van der Waals surface area contributed by atoms with Gasteiger partial charge in [-0.3, -0.25) is 14.1 Å². The van der Waals surface area contributed by atoms with E-state index in [9.17, 15) is 4.79 Å². The van der Waals surface area contributed by atoms with Gasteiger partial charge in [0.15, 0.2) is 0 Å². The Morgan fingerprint density at radius 3 is 2.77 bits per heavy atom. The fourth-order valence-electron chi connectivity index (χ4n) is 3.58. The molecule has 1 saturated heterocycles. The third kappa shape index (κ3) is 4.57. The zero-order chi connectivity index (χ0) is 21.2. The summed E-state index contributed by atoms with van der Waals surface area (Å²) in [5.41, 5.74) is 2.05. The molecule has 4 aromatic rings. The van der Waals surface area contributed by atoms with E-state index in [4.69, 9.17) is 26.3 Å². The number of hydrogen-bond donors (Lipinski definition) is 0. The van der Waals surface area contributed by atoms with Gasteiger partial charge in [0.2, 0.25) is 0 Å². The Labute approximate surface area is 188 Å². The molecular formula is C22H20ClN5O2S. The van der Waals surface area contributed by atoms with E-state index in [0.717, 1.165) is 48.1 Å². The van der Waals surface area contributed by atoms with Crippen LogP contribution in [0.1, 0.15) is 11.5 Å². The molecule has 0 N–H and O–H groups in total. The third-order valence-electron chi connectivity index (χ3n) is 5.12. The number of rotatable bonds is 5. The average molecular weight is 454 g/mol. The number of ether oxygens (including phenoxy) is 1. The van der Waals surface area contributed by atoms with E-state index in [0.29, 0.717) is 28.7 Å². The zero-order valence-corrected chi connectivity index (χ0v) is 18.3. The van der Waals surface area contributed by atoms with Crippen LogP contribution in [-0.2, 0) is 17.0 Å². The van der Waals surface area contributed by atoms with E-state index in [2.05, 4.69) is 9.88 Å². The van der Waals surface area contributed by atoms with Crippen molar-refractivity contribution in [2.75, 3.05) is 26.3 Å². The van der Waals surface area contributed by atoms with Crippen LogP contribution >= 0.6 is 23.4 Å². The van der Waals surface area contributed by atoms with Crippen molar-refractivity contribution in [2.45, 2.75) is 17.3 Å². The molecule has 158 valence electrons. The fourth-order valence-corrected chi connectivity index (χ4v) is 4.67. The number of halogens is 1. The van der Waals surface area contributed by atoms with Gasteiger partial charge >= 0.3 is 0 Å². The Morgan fingerprint density at radius 2 is 1.90 bits per heavy atom. The summed E-state index contributed by atoms with van der Waals surface area (Å²) in [5, 5.41) is 2.40. The summed E-state index contributed by atoms with van der Waals surface area (Å²) in [7, 11) is 0. The molecule has 4 heterocycles. The second-order valence-corrected chi connectivity index (χ2v) is 8.70. The summed E-state index contributed by atoms with van der Waals surface area (Å²) >= 11 is 7.56. The van der Waals surface area contributed by atoms with Gasteiger partial charge in [-0.15, -0.1) is 0 Å². The lowest BCUT2D eigenvalue weighted by Gasteiger charge is -2.25. The molecule has 0 amide bonds. The van der Waals surface area contributed by atoms with E-state index in [1.54, 1.807) is 36.2 Å². The third-order valence-corrected chi connectivity index (χ3v) is 6.36. The minimum Gasteiger partial charge on any atom is -0.379 e. The highest BCUT2D eigenvalue weighted by Gasteiger charge is 2.15. The topological polar surface area (TPSA) is 72.6 Å². The molecule has 0 bridgehead atoms. The number of nitrogens with zero attached hydrogens (tertiary/aromatic N) is 5. The summed E-state index contributed by atoms with van der Waals surface area (Å²) in [5.74, 6) is 1.33. The molecule has 1 fully saturated rings. The molecule has 0 aliphatic carbocycles. The van der Waals surface area contributed by atoms with Gasteiger partial charge in [-0.25, -0.2) is 15.0 Å². The Balaban J connectivity index is 1.43. The van der Waals surface area contributed by atoms with Gasteiger partial charge < -0.3 is 4.74 Å². The maximum atomic E-state index is 12.5. The Kier molecular flexibility index (Phi) is 5.87. The second kappa shape index (κ2) is 8.92. The number of hydrogen-bond acceptors (Lipinski definition) is 7. The highest BCUT2D eigenvalue weighted by atomic mass is 35.5. The zero-order valence-electron chi connectivity index (χ0n) is 16.7. The van der Waals surface area contributed by atoms with Crippen LogP contribution in [-0.4, -0.2) is 50.6 Å². The monoisotopic (exact) mass is 453 g/mol. The van der Waals surface area contributed by atoms with E-state index < -0.39 is 0 Å². The van der Waals surface area contributed by atoms with Crippen molar-refractivity contribution in [2.24, 2.45) is 0 Å². The molecule has 1 aromatic carbocycles. The van der Waals surface area contributed by atoms with E-state index in [-0.39, 0.29) is 5.56 Å². The maximum Gasteiger partial charge on any atom is 0.258 e. The Bertz CT molecular complexity index is 1310. The molecule has 0 spiro atoms. The number of pyridine rings is 1. The van der Waals surface area contributed by atoms with Crippen molar-refractivity contribution in [1.82, 2.24) is 24.3 Å². The first-order valence-corrected chi connectivity index (χ1v) is 11.4. The SMILES string of the molecule is O=c1cc(CSc2nc(CN3CCOCC3)nc3ccccc23)nc2ccc(Cl)cn12. The van der Waals surface area contributed by atoms with Crippen molar-refractivity contribution in [3.05, 3.63) is 75.6 Å². The highest BCUT2D eigenvalue weighted by molar-refractivity contribution is 7.98. The lowest BCUT2D eigenvalue weighted by atomic mass is 10.2. The molecule has 0 saturated carbocycles. The molecule has 0 atom stereocenters. The van der Waals surface area contributed by atoms with E-state index in [1.165, 1.54) is 4.40 Å². The number of fused-ring (bicyclic) bond motifs is 2. The van der Waals surface area contributed by atoms with Gasteiger partial charge in [0, 0.05) is 36.5 Å². The maximum absolute atomic E-state index is 12.5. The summed E-state index contributed by atoms with van der Waals surface area (Å²) in [6, 6.07) is 13.0. The number of morpholine rings is 1. The van der Waals surface area contributed by atoms with Gasteiger partial charge in [0.05, 0.1) is 36.0 Å². The number of aromatic nitrogens is 4. The van der Waals surface area contributed by atoms with Crippen molar-refractivity contribution >= 4 is 39.9 Å². The van der Waals surface area contributed by atoms with E-state index in [1.807, 2.05) is 24.3 Å². The number of benzene rings is 1. The molecule has 9 heteroatoms. The average Bonchev–Trinajstić information content (AvgIpc) is 2.79. The van der Waals surface area contributed by atoms with Crippen LogP contribution in [0.25, 0.3) is 16.6 Å². The first kappa shape index (κ1) is 20.4. The first-order chi connectivity index (χ1) is 15.2. The summed E-state index contributed by atoms with van der Waals surface area (Å²) in [4.78, 5) is 29.0. The van der Waals surface area contributed by atoms with Gasteiger partial charge in [-0.05, 0) is 18.2 Å². The van der Waals surface area contributed by atoms with E-state index >= 15 is 0 Å². The second-order valence-electron chi connectivity index (χ2n) is 7.30. The molecule has 7 nitrogen and oxygen atoms in total. The van der Waals surface area contributed by atoms with Crippen LogP contribution in [0.2, 0.25) is 5.02 Å². The molecule has 3 aromatic heterocycles.